The lowest BCUT2D eigenvalue weighted by atomic mass is 10.3. The van der Waals surface area contributed by atoms with Crippen LogP contribution in [0.25, 0.3) is 10.9 Å². The predicted octanol–water partition coefficient (Wildman–Crippen LogP) is 2.37. The molecule has 0 spiro atoms. The molecule has 0 N–H and O–H groups in total. The van der Waals surface area contributed by atoms with Crippen LogP contribution in [0, 0.1) is 0 Å². The van der Waals surface area contributed by atoms with E-state index < -0.39 is 0 Å². The first-order chi connectivity index (χ1) is 6.95. The molecule has 14 heavy (non-hydrogen) atoms. The maximum Gasteiger partial charge on any atom is 0.0694 e. The Morgan fingerprint density at radius 2 is 1.71 bits per heavy atom. The Hall–Kier alpha value is -1.44. The number of hydrogen-bond donors (Lipinski definition) is 0. The molecule has 1 aliphatic rings. The van der Waals surface area contributed by atoms with Gasteiger partial charge < -0.3 is 5.01 Å². The van der Waals surface area contributed by atoms with Crippen LogP contribution >= 0.6 is 0 Å². The van der Waals surface area contributed by atoms with Crippen LogP contribution in [0.15, 0.2) is 36.5 Å². The smallest absolute Gasteiger partial charge is 0.0694 e. The molecule has 2 heteroatoms. The normalized spacial score (nSPS) is 16.7. The van der Waals surface area contributed by atoms with E-state index in [9.17, 15) is 0 Å². The summed E-state index contributed by atoms with van der Waals surface area (Å²) < 4.78 is 2.29. The monoisotopic (exact) mass is 186 g/mol. The third-order valence-corrected chi connectivity index (χ3v) is 2.97. The van der Waals surface area contributed by atoms with Gasteiger partial charge in [-0.2, -0.15) is 0 Å². The molecule has 0 saturated carbocycles. The van der Waals surface area contributed by atoms with Gasteiger partial charge in [-0.15, -0.1) is 0 Å². The maximum absolute atomic E-state index is 2.42. The summed E-state index contributed by atoms with van der Waals surface area (Å²) in [5, 5.41) is 3.75. The van der Waals surface area contributed by atoms with E-state index in [1.54, 1.807) is 0 Å². The van der Waals surface area contributed by atoms with Crippen molar-refractivity contribution in [2.24, 2.45) is 0 Å². The third-order valence-electron chi connectivity index (χ3n) is 2.97. The zero-order chi connectivity index (χ0) is 9.38. The Balaban J connectivity index is 2.11. The predicted molar refractivity (Wildman–Crippen MR) is 59.1 cm³/mol. The quantitative estimate of drug-likeness (QED) is 0.663. The molecule has 0 aliphatic carbocycles. The van der Waals surface area contributed by atoms with Gasteiger partial charge in [0.2, 0.25) is 0 Å². The van der Waals surface area contributed by atoms with Crippen molar-refractivity contribution in [1.82, 2.24) is 4.68 Å². The van der Waals surface area contributed by atoms with Crippen molar-refractivity contribution in [3.05, 3.63) is 36.5 Å². The van der Waals surface area contributed by atoms with Gasteiger partial charge in [0.1, 0.15) is 0 Å². The first-order valence-corrected chi connectivity index (χ1v) is 5.26. The van der Waals surface area contributed by atoms with E-state index in [4.69, 9.17) is 0 Å². The summed E-state index contributed by atoms with van der Waals surface area (Å²) in [6.45, 7) is 2.39. The first kappa shape index (κ1) is 7.92. The van der Waals surface area contributed by atoms with Gasteiger partial charge in [-0.05, 0) is 25.0 Å². The van der Waals surface area contributed by atoms with Crippen molar-refractivity contribution >= 4 is 10.9 Å². The van der Waals surface area contributed by atoms with Crippen LogP contribution in [0.4, 0.5) is 0 Å². The zero-order valence-corrected chi connectivity index (χ0v) is 8.19. The second kappa shape index (κ2) is 3.05. The van der Waals surface area contributed by atoms with Crippen LogP contribution in [0.1, 0.15) is 12.8 Å². The molecule has 72 valence electrons. The highest BCUT2D eigenvalue weighted by atomic mass is 15.5. The van der Waals surface area contributed by atoms with E-state index in [-0.39, 0.29) is 0 Å². The van der Waals surface area contributed by atoms with Gasteiger partial charge in [0.15, 0.2) is 0 Å². The molecule has 2 nitrogen and oxygen atoms in total. The Labute approximate surface area is 83.7 Å². The molecule has 1 aliphatic heterocycles. The molecule has 1 fully saturated rings. The van der Waals surface area contributed by atoms with Gasteiger partial charge in [0, 0.05) is 24.7 Å². The molecule has 1 aromatic heterocycles. The van der Waals surface area contributed by atoms with Crippen molar-refractivity contribution in [3.63, 3.8) is 0 Å². The van der Waals surface area contributed by atoms with Gasteiger partial charge in [-0.3, -0.25) is 4.68 Å². The highest BCUT2D eigenvalue weighted by molar-refractivity contribution is 5.80. The summed E-state index contributed by atoms with van der Waals surface area (Å²) in [6, 6.07) is 10.7. The van der Waals surface area contributed by atoms with E-state index in [2.05, 4.69) is 46.2 Å². The molecule has 1 saturated heterocycles. The number of benzene rings is 1. The van der Waals surface area contributed by atoms with Crippen molar-refractivity contribution in [1.29, 1.82) is 0 Å². The standard InChI is InChI=1S/C12H14N2/c1-2-6-12-11(5-1)7-10-14(12)13-8-3-4-9-13/h1-2,5-7,10H,3-4,8-9H2. The van der Waals surface area contributed by atoms with Crippen molar-refractivity contribution < 1.29 is 0 Å². The number of aromatic nitrogens is 1. The SMILES string of the molecule is c1ccc2c(c1)ccn2N1CCCC1. The highest BCUT2D eigenvalue weighted by Crippen LogP contribution is 2.17. The van der Waals surface area contributed by atoms with Crippen LogP contribution in [0.3, 0.4) is 0 Å². The molecule has 0 amide bonds. The molecule has 2 heterocycles. The molecule has 2 aromatic rings. The molecule has 0 bridgehead atoms. The average Bonchev–Trinajstić information content (AvgIpc) is 2.85. The van der Waals surface area contributed by atoms with E-state index in [1.807, 2.05) is 0 Å². The van der Waals surface area contributed by atoms with Gasteiger partial charge in [-0.25, -0.2) is 0 Å². The Morgan fingerprint density at radius 3 is 2.57 bits per heavy atom. The van der Waals surface area contributed by atoms with Crippen molar-refractivity contribution in [2.45, 2.75) is 12.8 Å². The minimum atomic E-state index is 1.19. The second-order valence-corrected chi connectivity index (χ2v) is 3.88. The number of hydrogen-bond acceptors (Lipinski definition) is 1. The topological polar surface area (TPSA) is 8.17 Å². The fraction of sp³-hybridized carbons (Fsp3) is 0.333. The molecule has 0 atom stereocenters. The largest absolute Gasteiger partial charge is 0.313 e. The Bertz CT molecular complexity index is 438. The number of fused-ring (bicyclic) bond motifs is 1. The van der Waals surface area contributed by atoms with E-state index >= 15 is 0 Å². The fourth-order valence-electron chi connectivity index (χ4n) is 2.23. The van der Waals surface area contributed by atoms with Gasteiger partial charge in [0.25, 0.3) is 0 Å². The number of rotatable bonds is 1. The van der Waals surface area contributed by atoms with Crippen LogP contribution in [0.2, 0.25) is 0 Å². The van der Waals surface area contributed by atoms with E-state index in [0.717, 1.165) is 0 Å². The summed E-state index contributed by atoms with van der Waals surface area (Å²) >= 11 is 0. The van der Waals surface area contributed by atoms with Gasteiger partial charge in [-0.1, -0.05) is 18.2 Å². The second-order valence-electron chi connectivity index (χ2n) is 3.88. The molecular formula is C12H14N2. The maximum atomic E-state index is 2.42. The molecule has 0 unspecified atom stereocenters. The zero-order valence-electron chi connectivity index (χ0n) is 8.19. The molecular weight excluding hydrogens is 172 g/mol. The van der Waals surface area contributed by atoms with Crippen molar-refractivity contribution in [2.75, 3.05) is 18.1 Å². The average molecular weight is 186 g/mol. The third kappa shape index (κ3) is 1.10. The number of nitrogens with zero attached hydrogens (tertiary/aromatic N) is 2. The minimum Gasteiger partial charge on any atom is -0.313 e. The van der Waals surface area contributed by atoms with Crippen LogP contribution in [-0.4, -0.2) is 17.8 Å². The highest BCUT2D eigenvalue weighted by Gasteiger charge is 2.12. The Kier molecular flexibility index (Phi) is 1.72. The molecule has 0 radical (unpaired) electrons. The lowest BCUT2D eigenvalue weighted by Crippen LogP contribution is -2.29. The van der Waals surface area contributed by atoms with Crippen LogP contribution in [0.5, 0.6) is 0 Å². The summed E-state index contributed by atoms with van der Waals surface area (Å²) in [5.74, 6) is 0. The lowest BCUT2D eigenvalue weighted by Gasteiger charge is -2.20. The number of para-hydroxylation sites is 1. The van der Waals surface area contributed by atoms with Gasteiger partial charge >= 0.3 is 0 Å². The van der Waals surface area contributed by atoms with E-state index in [0.29, 0.717) is 0 Å². The lowest BCUT2D eigenvalue weighted by molar-refractivity contribution is 0.688. The summed E-state index contributed by atoms with van der Waals surface area (Å²) in [5.41, 5.74) is 1.33. The molecule has 3 rings (SSSR count). The summed E-state index contributed by atoms with van der Waals surface area (Å²) in [7, 11) is 0. The van der Waals surface area contributed by atoms with E-state index in [1.165, 1.54) is 36.8 Å². The fourth-order valence-corrected chi connectivity index (χ4v) is 2.23. The van der Waals surface area contributed by atoms with Crippen molar-refractivity contribution in [3.8, 4) is 0 Å². The Morgan fingerprint density at radius 1 is 0.929 bits per heavy atom. The summed E-state index contributed by atoms with van der Waals surface area (Å²) in [4.78, 5) is 0. The first-order valence-electron chi connectivity index (χ1n) is 5.26. The van der Waals surface area contributed by atoms with Crippen LogP contribution in [-0.2, 0) is 0 Å². The summed E-state index contributed by atoms with van der Waals surface area (Å²) in [6.07, 6.45) is 4.83. The van der Waals surface area contributed by atoms with Gasteiger partial charge in [0.05, 0.1) is 5.52 Å². The minimum absolute atomic E-state index is 1.19. The van der Waals surface area contributed by atoms with Crippen LogP contribution < -0.4 is 5.01 Å². The molecule has 1 aromatic carbocycles.